The number of carbonyl (C=O) groups excluding carboxylic acids is 1. The number of non-ortho nitro benzene ring substituents is 1. The highest BCUT2D eigenvalue weighted by atomic mass is 16.6. The Morgan fingerprint density at radius 3 is 2.50 bits per heavy atom. The van der Waals surface area contributed by atoms with Crippen LogP contribution in [0.25, 0.3) is 11.0 Å². The molecule has 0 aliphatic heterocycles. The summed E-state index contributed by atoms with van der Waals surface area (Å²) in [6, 6.07) is 14.0. The van der Waals surface area contributed by atoms with Crippen molar-refractivity contribution in [2.45, 2.75) is 0 Å². The molecule has 3 aromatic rings. The van der Waals surface area contributed by atoms with Gasteiger partial charge in [0.25, 0.3) is 11.6 Å². The highest BCUT2D eigenvalue weighted by Gasteiger charge is 2.19. The Bertz CT molecular complexity index is 995. The monoisotopic (exact) mass is 324 g/mol. The van der Waals surface area contributed by atoms with Crippen molar-refractivity contribution in [3.63, 3.8) is 0 Å². The molecule has 0 radical (unpaired) electrons. The summed E-state index contributed by atoms with van der Waals surface area (Å²) in [5, 5.41) is 11.2. The molecule has 0 saturated carbocycles. The second-order valence-electron chi connectivity index (χ2n) is 5.13. The fourth-order valence-corrected chi connectivity index (χ4v) is 2.32. The van der Waals surface area contributed by atoms with Crippen molar-refractivity contribution in [3.8, 4) is 0 Å². The van der Waals surface area contributed by atoms with E-state index in [0.29, 0.717) is 11.1 Å². The van der Waals surface area contributed by atoms with Gasteiger partial charge in [0.1, 0.15) is 11.1 Å². The molecule has 3 rings (SSSR count). The van der Waals surface area contributed by atoms with Gasteiger partial charge in [-0.1, -0.05) is 18.2 Å². The molecule has 0 atom stereocenters. The summed E-state index contributed by atoms with van der Waals surface area (Å²) in [6.07, 6.45) is 0. The third kappa shape index (κ3) is 2.74. The highest BCUT2D eigenvalue weighted by Crippen LogP contribution is 2.21. The topological polar surface area (TPSA) is 93.7 Å². The molecule has 24 heavy (non-hydrogen) atoms. The predicted octanol–water partition coefficient (Wildman–Crippen LogP) is 2.98. The number of para-hydroxylation sites is 1. The largest absolute Gasteiger partial charge is 0.422 e. The van der Waals surface area contributed by atoms with Gasteiger partial charge in [0.15, 0.2) is 0 Å². The van der Waals surface area contributed by atoms with Gasteiger partial charge in [-0.2, -0.15) is 0 Å². The third-order valence-corrected chi connectivity index (χ3v) is 3.61. The fourth-order valence-electron chi connectivity index (χ4n) is 2.32. The Kier molecular flexibility index (Phi) is 3.83. The number of nitro benzene ring substituents is 1. The van der Waals surface area contributed by atoms with E-state index in [1.807, 2.05) is 6.07 Å². The zero-order valence-electron chi connectivity index (χ0n) is 12.6. The molecule has 1 amide bonds. The zero-order chi connectivity index (χ0) is 17.3. The van der Waals surface area contributed by atoms with Gasteiger partial charge >= 0.3 is 5.63 Å². The number of nitrogens with zero attached hydrogens (tertiary/aromatic N) is 2. The van der Waals surface area contributed by atoms with Crippen LogP contribution < -0.4 is 10.5 Å². The minimum Gasteiger partial charge on any atom is -0.422 e. The number of benzene rings is 2. The number of fused-ring (bicyclic) bond motifs is 1. The number of nitro groups is 1. The number of hydrogen-bond acceptors (Lipinski definition) is 5. The van der Waals surface area contributed by atoms with E-state index in [-0.39, 0.29) is 16.8 Å². The smallest absolute Gasteiger partial charge is 0.349 e. The number of anilines is 1. The van der Waals surface area contributed by atoms with Crippen LogP contribution in [0.4, 0.5) is 11.4 Å². The third-order valence-electron chi connectivity index (χ3n) is 3.61. The van der Waals surface area contributed by atoms with Crippen molar-refractivity contribution >= 4 is 28.3 Å². The number of hydrogen-bond donors (Lipinski definition) is 0. The molecule has 1 heterocycles. The second-order valence-corrected chi connectivity index (χ2v) is 5.13. The van der Waals surface area contributed by atoms with Crippen LogP contribution in [0.3, 0.4) is 0 Å². The first-order chi connectivity index (χ1) is 11.5. The molecule has 120 valence electrons. The molecule has 2 aromatic carbocycles. The maximum atomic E-state index is 12.6. The van der Waals surface area contributed by atoms with E-state index in [1.165, 1.54) is 36.2 Å². The number of carbonyl (C=O) groups is 1. The van der Waals surface area contributed by atoms with Crippen molar-refractivity contribution in [3.05, 3.63) is 80.7 Å². The quantitative estimate of drug-likeness (QED) is 0.419. The molecule has 0 N–H and O–H groups in total. The molecule has 0 aliphatic rings. The van der Waals surface area contributed by atoms with Crippen molar-refractivity contribution < 1.29 is 14.1 Å². The van der Waals surface area contributed by atoms with Crippen LogP contribution >= 0.6 is 0 Å². The lowest BCUT2D eigenvalue weighted by molar-refractivity contribution is -0.384. The standard InChI is InChI=1S/C17H12N2O5/c1-18(12-5-3-2-4-6-12)16(20)14-10-11-9-13(19(22)23)7-8-15(11)24-17(14)21/h2-10H,1H3. The molecule has 0 unspecified atom stereocenters. The lowest BCUT2D eigenvalue weighted by Crippen LogP contribution is -2.30. The molecular formula is C17H12N2O5. The van der Waals surface area contributed by atoms with Gasteiger partial charge in [-0.3, -0.25) is 14.9 Å². The van der Waals surface area contributed by atoms with Crippen LogP contribution in [0, 0.1) is 10.1 Å². The van der Waals surface area contributed by atoms with E-state index in [9.17, 15) is 19.7 Å². The van der Waals surface area contributed by atoms with E-state index in [0.717, 1.165) is 0 Å². The Morgan fingerprint density at radius 2 is 1.83 bits per heavy atom. The lowest BCUT2D eigenvalue weighted by atomic mass is 10.1. The Labute approximate surface area is 135 Å². The molecule has 0 spiro atoms. The van der Waals surface area contributed by atoms with E-state index in [4.69, 9.17) is 4.42 Å². The van der Waals surface area contributed by atoms with Gasteiger partial charge in [0.2, 0.25) is 0 Å². The molecule has 0 fully saturated rings. The Morgan fingerprint density at radius 1 is 1.12 bits per heavy atom. The van der Waals surface area contributed by atoms with E-state index >= 15 is 0 Å². The van der Waals surface area contributed by atoms with Crippen molar-refractivity contribution in [1.29, 1.82) is 0 Å². The predicted molar refractivity (Wildman–Crippen MR) is 88.3 cm³/mol. The van der Waals surface area contributed by atoms with Gasteiger partial charge in [-0.15, -0.1) is 0 Å². The molecule has 0 saturated heterocycles. The number of amides is 1. The fraction of sp³-hybridized carbons (Fsp3) is 0.0588. The highest BCUT2D eigenvalue weighted by molar-refractivity contribution is 6.06. The minimum atomic E-state index is -0.788. The zero-order valence-corrected chi connectivity index (χ0v) is 12.6. The summed E-state index contributed by atoms with van der Waals surface area (Å²) in [5.41, 5.74) is -0.324. The van der Waals surface area contributed by atoms with Crippen molar-refractivity contribution in [2.75, 3.05) is 11.9 Å². The molecular weight excluding hydrogens is 312 g/mol. The van der Waals surface area contributed by atoms with E-state index in [2.05, 4.69) is 0 Å². The van der Waals surface area contributed by atoms with Gasteiger partial charge in [-0.25, -0.2) is 4.79 Å². The van der Waals surface area contributed by atoms with Crippen LogP contribution in [0.2, 0.25) is 0 Å². The van der Waals surface area contributed by atoms with E-state index in [1.54, 1.807) is 24.3 Å². The average molecular weight is 324 g/mol. The Balaban J connectivity index is 2.08. The summed E-state index contributed by atoms with van der Waals surface area (Å²) in [7, 11) is 1.54. The van der Waals surface area contributed by atoms with Crippen LogP contribution in [-0.2, 0) is 0 Å². The van der Waals surface area contributed by atoms with Crippen LogP contribution in [0.15, 0.2) is 63.8 Å². The maximum Gasteiger partial charge on any atom is 0.349 e. The Hall–Kier alpha value is -3.48. The van der Waals surface area contributed by atoms with Crippen molar-refractivity contribution in [2.24, 2.45) is 0 Å². The van der Waals surface area contributed by atoms with Gasteiger partial charge in [0.05, 0.1) is 4.92 Å². The molecule has 7 nitrogen and oxygen atoms in total. The van der Waals surface area contributed by atoms with Crippen LogP contribution in [-0.4, -0.2) is 17.9 Å². The SMILES string of the molecule is CN(C(=O)c1cc2cc([N+](=O)[O-])ccc2oc1=O)c1ccccc1. The molecule has 1 aromatic heterocycles. The second kappa shape index (κ2) is 5.96. The average Bonchev–Trinajstić information content (AvgIpc) is 2.60. The van der Waals surface area contributed by atoms with Gasteiger partial charge in [-0.05, 0) is 24.3 Å². The molecule has 0 aliphatic carbocycles. The summed E-state index contributed by atoms with van der Waals surface area (Å²) in [6.45, 7) is 0. The number of rotatable bonds is 3. The first-order valence-corrected chi connectivity index (χ1v) is 7.03. The van der Waals surface area contributed by atoms with Crippen molar-refractivity contribution in [1.82, 2.24) is 0 Å². The van der Waals surface area contributed by atoms with Gasteiger partial charge in [0, 0.05) is 30.3 Å². The first kappa shape index (κ1) is 15.4. The normalized spacial score (nSPS) is 10.5. The maximum absolute atomic E-state index is 12.6. The summed E-state index contributed by atoms with van der Waals surface area (Å²) in [5.74, 6) is -0.552. The summed E-state index contributed by atoms with van der Waals surface area (Å²) in [4.78, 5) is 36.3. The van der Waals surface area contributed by atoms with E-state index < -0.39 is 16.5 Å². The van der Waals surface area contributed by atoms with Crippen LogP contribution in [0.5, 0.6) is 0 Å². The minimum absolute atomic E-state index is 0.147. The molecule has 7 heteroatoms. The summed E-state index contributed by atoms with van der Waals surface area (Å²) < 4.78 is 5.11. The molecule has 0 bridgehead atoms. The first-order valence-electron chi connectivity index (χ1n) is 7.03. The summed E-state index contributed by atoms with van der Waals surface area (Å²) >= 11 is 0. The lowest BCUT2D eigenvalue weighted by Gasteiger charge is -2.16. The van der Waals surface area contributed by atoms with Crippen LogP contribution in [0.1, 0.15) is 10.4 Å². The van der Waals surface area contributed by atoms with Gasteiger partial charge < -0.3 is 9.32 Å².